The van der Waals surface area contributed by atoms with E-state index in [-0.39, 0.29) is 23.1 Å². The molecular formula is C17H19FO6. The minimum Gasteiger partial charge on any atom is -0.494 e. The van der Waals surface area contributed by atoms with Gasteiger partial charge < -0.3 is 18.6 Å². The molecule has 0 aliphatic carbocycles. The normalized spacial score (nSPS) is 10.6. The van der Waals surface area contributed by atoms with E-state index in [4.69, 9.17) is 18.6 Å². The van der Waals surface area contributed by atoms with Crippen molar-refractivity contribution < 1.29 is 27.8 Å². The summed E-state index contributed by atoms with van der Waals surface area (Å²) in [6, 6.07) is 3.68. The molecule has 2 rings (SSSR count). The summed E-state index contributed by atoms with van der Waals surface area (Å²) in [5.41, 5.74) is -0.407. The Morgan fingerprint density at radius 2 is 1.92 bits per heavy atom. The van der Waals surface area contributed by atoms with Gasteiger partial charge in [0, 0.05) is 12.5 Å². The van der Waals surface area contributed by atoms with E-state index in [1.807, 2.05) is 0 Å². The highest BCUT2D eigenvalue weighted by Gasteiger charge is 2.12. The first-order valence-electron chi connectivity index (χ1n) is 7.65. The van der Waals surface area contributed by atoms with Gasteiger partial charge in [-0.25, -0.2) is 9.18 Å². The molecule has 1 aromatic heterocycles. The monoisotopic (exact) mass is 338 g/mol. The molecule has 2 aromatic rings. The predicted molar refractivity (Wildman–Crippen MR) is 85.0 cm³/mol. The summed E-state index contributed by atoms with van der Waals surface area (Å²) in [5, 5.41) is 0.352. The fourth-order valence-corrected chi connectivity index (χ4v) is 2.08. The molecule has 7 heteroatoms. The molecule has 0 unspecified atom stereocenters. The minimum absolute atomic E-state index is 0.0134. The number of esters is 1. The van der Waals surface area contributed by atoms with E-state index in [1.54, 1.807) is 6.92 Å². The lowest BCUT2D eigenvalue weighted by atomic mass is 10.2. The molecule has 6 nitrogen and oxygen atoms in total. The molecule has 0 N–H and O–H groups in total. The van der Waals surface area contributed by atoms with E-state index in [9.17, 15) is 14.0 Å². The van der Waals surface area contributed by atoms with Crippen LogP contribution in [0.5, 0.6) is 11.5 Å². The van der Waals surface area contributed by atoms with Gasteiger partial charge in [0.25, 0.3) is 0 Å². The number of methoxy groups -OCH3 is 1. The van der Waals surface area contributed by atoms with Crippen LogP contribution in [0.15, 0.2) is 27.4 Å². The van der Waals surface area contributed by atoms with Gasteiger partial charge in [0.15, 0.2) is 11.6 Å². The summed E-state index contributed by atoms with van der Waals surface area (Å²) in [7, 11) is 1.33. The third kappa shape index (κ3) is 4.47. The van der Waals surface area contributed by atoms with Crippen molar-refractivity contribution in [2.45, 2.75) is 26.2 Å². The van der Waals surface area contributed by atoms with Crippen molar-refractivity contribution >= 4 is 16.9 Å². The molecule has 0 atom stereocenters. The number of fused-ring (bicyclic) bond motifs is 1. The van der Waals surface area contributed by atoms with Crippen LogP contribution in [0.1, 0.15) is 26.2 Å². The lowest BCUT2D eigenvalue weighted by molar-refractivity contribution is -0.143. The second-order valence-electron chi connectivity index (χ2n) is 5.04. The van der Waals surface area contributed by atoms with Gasteiger partial charge in [-0.3, -0.25) is 4.79 Å². The molecule has 24 heavy (non-hydrogen) atoms. The maximum atomic E-state index is 13.8. The molecular weight excluding hydrogens is 319 g/mol. The summed E-state index contributed by atoms with van der Waals surface area (Å²) < 4.78 is 34.3. The molecule has 0 saturated heterocycles. The van der Waals surface area contributed by atoms with E-state index in [0.29, 0.717) is 37.9 Å². The van der Waals surface area contributed by atoms with Crippen molar-refractivity contribution in [2.24, 2.45) is 0 Å². The Morgan fingerprint density at radius 3 is 2.62 bits per heavy atom. The van der Waals surface area contributed by atoms with Crippen LogP contribution in [-0.4, -0.2) is 26.3 Å². The Balaban J connectivity index is 2.02. The number of halogens is 1. The number of ether oxygens (including phenoxy) is 3. The van der Waals surface area contributed by atoms with Crippen LogP contribution in [0.2, 0.25) is 0 Å². The average Bonchev–Trinajstić information content (AvgIpc) is 2.57. The molecule has 1 heterocycles. The van der Waals surface area contributed by atoms with Crippen LogP contribution in [0.3, 0.4) is 0 Å². The highest BCUT2D eigenvalue weighted by molar-refractivity contribution is 5.84. The molecule has 0 aliphatic heterocycles. The standard InChI is InChI=1S/C17H19FO6/c1-3-16(19)23-7-5-4-6-22-13-10-17(20)24-14-9-15(21-2)12(18)8-11(13)14/h8-10H,3-7H2,1-2H3. The zero-order chi connectivity index (χ0) is 17.5. The number of hydrogen-bond acceptors (Lipinski definition) is 6. The summed E-state index contributed by atoms with van der Waals surface area (Å²) in [6.45, 7) is 2.35. The fourth-order valence-electron chi connectivity index (χ4n) is 2.08. The first-order chi connectivity index (χ1) is 11.5. The van der Waals surface area contributed by atoms with Gasteiger partial charge >= 0.3 is 11.6 Å². The number of carbonyl (C=O) groups excluding carboxylic acids is 1. The Hall–Kier alpha value is -2.57. The van der Waals surface area contributed by atoms with Crippen molar-refractivity contribution in [3.8, 4) is 11.5 Å². The average molecular weight is 338 g/mol. The SMILES string of the molecule is CCC(=O)OCCCCOc1cc(=O)oc2cc(OC)c(F)cc12. The smallest absolute Gasteiger partial charge is 0.339 e. The molecule has 0 spiro atoms. The number of rotatable bonds is 8. The minimum atomic E-state index is -0.594. The highest BCUT2D eigenvalue weighted by Crippen LogP contribution is 2.29. The van der Waals surface area contributed by atoms with Crippen LogP contribution in [-0.2, 0) is 9.53 Å². The molecule has 130 valence electrons. The quantitative estimate of drug-likeness (QED) is 0.418. The molecule has 0 aliphatic rings. The zero-order valence-corrected chi connectivity index (χ0v) is 13.6. The van der Waals surface area contributed by atoms with Gasteiger partial charge in [0.05, 0.1) is 31.8 Å². The second kappa shape index (κ2) is 8.33. The molecule has 0 radical (unpaired) electrons. The largest absolute Gasteiger partial charge is 0.494 e. The summed E-state index contributed by atoms with van der Waals surface area (Å²) >= 11 is 0. The van der Waals surface area contributed by atoms with E-state index < -0.39 is 11.4 Å². The van der Waals surface area contributed by atoms with Gasteiger partial charge in [-0.15, -0.1) is 0 Å². The van der Waals surface area contributed by atoms with Crippen LogP contribution in [0.4, 0.5) is 4.39 Å². The van der Waals surface area contributed by atoms with Crippen LogP contribution in [0.25, 0.3) is 11.0 Å². The van der Waals surface area contributed by atoms with E-state index in [1.165, 1.54) is 25.3 Å². The molecule has 1 aromatic carbocycles. The summed E-state index contributed by atoms with van der Waals surface area (Å²) in [5.74, 6) is -0.587. The fraction of sp³-hybridized carbons (Fsp3) is 0.412. The predicted octanol–water partition coefficient (Wildman–Crippen LogP) is 3.05. The van der Waals surface area contributed by atoms with Crippen LogP contribution >= 0.6 is 0 Å². The third-order valence-electron chi connectivity index (χ3n) is 3.33. The van der Waals surface area contributed by atoms with Gasteiger partial charge in [0.1, 0.15) is 11.3 Å². The van der Waals surface area contributed by atoms with Crippen molar-refractivity contribution in [3.05, 3.63) is 34.4 Å². The number of unbranched alkanes of at least 4 members (excludes halogenated alkanes) is 1. The van der Waals surface area contributed by atoms with Crippen molar-refractivity contribution in [1.29, 1.82) is 0 Å². The van der Waals surface area contributed by atoms with Crippen LogP contribution < -0.4 is 15.1 Å². The van der Waals surface area contributed by atoms with Crippen molar-refractivity contribution in [1.82, 2.24) is 0 Å². The van der Waals surface area contributed by atoms with Gasteiger partial charge in [-0.05, 0) is 18.9 Å². The molecule has 0 saturated carbocycles. The van der Waals surface area contributed by atoms with E-state index in [0.717, 1.165) is 0 Å². The maximum Gasteiger partial charge on any atom is 0.339 e. The maximum absolute atomic E-state index is 13.8. The van der Waals surface area contributed by atoms with E-state index in [2.05, 4.69) is 0 Å². The third-order valence-corrected chi connectivity index (χ3v) is 3.33. The van der Waals surface area contributed by atoms with E-state index >= 15 is 0 Å². The number of carbonyl (C=O) groups is 1. The second-order valence-corrected chi connectivity index (χ2v) is 5.04. The molecule has 0 fully saturated rings. The van der Waals surface area contributed by atoms with Crippen LogP contribution in [0, 0.1) is 5.82 Å². The Labute approximate surface area is 138 Å². The lowest BCUT2D eigenvalue weighted by Crippen LogP contribution is -2.07. The zero-order valence-electron chi connectivity index (χ0n) is 13.6. The molecule has 0 bridgehead atoms. The highest BCUT2D eigenvalue weighted by atomic mass is 19.1. The first kappa shape index (κ1) is 17.8. The summed E-state index contributed by atoms with van der Waals surface area (Å²) in [6.07, 6.45) is 1.60. The Morgan fingerprint density at radius 1 is 1.17 bits per heavy atom. The van der Waals surface area contributed by atoms with Gasteiger partial charge in [-0.1, -0.05) is 6.92 Å². The number of benzene rings is 1. The van der Waals surface area contributed by atoms with Crippen molar-refractivity contribution in [2.75, 3.05) is 20.3 Å². The Bertz CT molecular complexity index is 768. The Kier molecular flexibility index (Phi) is 6.17. The number of hydrogen-bond donors (Lipinski definition) is 0. The molecule has 0 amide bonds. The summed E-state index contributed by atoms with van der Waals surface area (Å²) in [4.78, 5) is 22.6. The van der Waals surface area contributed by atoms with Gasteiger partial charge in [-0.2, -0.15) is 0 Å². The first-order valence-corrected chi connectivity index (χ1v) is 7.65. The lowest BCUT2D eigenvalue weighted by Gasteiger charge is -2.10. The van der Waals surface area contributed by atoms with Crippen molar-refractivity contribution in [3.63, 3.8) is 0 Å². The van der Waals surface area contributed by atoms with Gasteiger partial charge in [0.2, 0.25) is 0 Å². The topological polar surface area (TPSA) is 75.0 Å².